The minimum Gasteiger partial charge on any atom is -0.454 e. The number of carbonyl (C=O) groups is 1. The second kappa shape index (κ2) is 7.73. The molecule has 0 bridgehead atoms. The van der Waals surface area contributed by atoms with Gasteiger partial charge >= 0.3 is 5.69 Å². The fraction of sp³-hybridized carbons (Fsp3) is 0.143. The molecule has 1 amide bonds. The van der Waals surface area contributed by atoms with Crippen LogP contribution in [0.2, 0.25) is 0 Å². The minimum absolute atomic E-state index is 0.0505. The Labute approximate surface area is 178 Å². The number of amides is 1. The average Bonchev–Trinajstić information content (AvgIpc) is 3.42. The molecule has 156 valence electrons. The van der Waals surface area contributed by atoms with Crippen LogP contribution in [0.4, 0.5) is 5.13 Å². The number of hydrogen-bond acceptors (Lipinski definition) is 7. The number of aromatic nitrogens is 3. The van der Waals surface area contributed by atoms with Crippen LogP contribution in [0, 0.1) is 0 Å². The quantitative estimate of drug-likeness (QED) is 0.497. The number of nitrogens with one attached hydrogen (secondary N) is 2. The number of aromatic amines is 1. The highest BCUT2D eigenvalue weighted by molar-refractivity contribution is 7.14. The summed E-state index contributed by atoms with van der Waals surface area (Å²) >= 11 is 1.30. The fourth-order valence-electron chi connectivity index (χ4n) is 3.38. The van der Waals surface area contributed by atoms with Crippen LogP contribution in [0.15, 0.2) is 57.4 Å². The van der Waals surface area contributed by atoms with Crippen molar-refractivity contribution in [1.82, 2.24) is 14.5 Å². The largest absolute Gasteiger partial charge is 0.454 e. The van der Waals surface area contributed by atoms with Gasteiger partial charge in [-0.3, -0.25) is 19.1 Å². The van der Waals surface area contributed by atoms with Crippen LogP contribution < -0.4 is 26.0 Å². The maximum atomic E-state index is 12.4. The van der Waals surface area contributed by atoms with Crippen molar-refractivity contribution in [3.8, 4) is 22.8 Å². The third-order valence-corrected chi connectivity index (χ3v) is 5.64. The summed E-state index contributed by atoms with van der Waals surface area (Å²) in [5.41, 5.74) is 1.06. The van der Waals surface area contributed by atoms with Crippen molar-refractivity contribution < 1.29 is 14.3 Å². The molecule has 5 rings (SSSR count). The Morgan fingerprint density at radius 3 is 2.90 bits per heavy atom. The first-order valence-corrected chi connectivity index (χ1v) is 10.3. The number of hydrogen-bond donors (Lipinski definition) is 2. The third-order valence-electron chi connectivity index (χ3n) is 4.89. The minimum atomic E-state index is -0.546. The van der Waals surface area contributed by atoms with Gasteiger partial charge in [0.25, 0.3) is 5.56 Å². The number of carbonyl (C=O) groups excluding carboxylic acids is 1. The average molecular weight is 436 g/mol. The standard InChI is InChI=1S/C21H16N4O5S/c26-18(7-8-25-15-4-2-1-3-13(15)19(27)24-21(25)28)23-20-22-14(10-31-20)12-5-6-16-17(9-12)30-11-29-16/h1-6,9-10H,7-8,11H2,(H,22,23,26)(H,24,27,28). The van der Waals surface area contributed by atoms with E-state index in [1.54, 1.807) is 24.3 Å². The Morgan fingerprint density at radius 2 is 2.00 bits per heavy atom. The van der Waals surface area contributed by atoms with Gasteiger partial charge in [-0.1, -0.05) is 12.1 Å². The number of nitrogens with zero attached hydrogens (tertiary/aromatic N) is 2. The van der Waals surface area contributed by atoms with E-state index in [1.807, 2.05) is 23.6 Å². The number of thiazole rings is 1. The van der Waals surface area contributed by atoms with Crippen molar-refractivity contribution in [1.29, 1.82) is 0 Å². The summed E-state index contributed by atoms with van der Waals surface area (Å²) < 4.78 is 12.1. The van der Waals surface area contributed by atoms with Crippen molar-refractivity contribution in [3.05, 3.63) is 68.7 Å². The Hall–Kier alpha value is -3.92. The van der Waals surface area contributed by atoms with Crippen molar-refractivity contribution in [2.45, 2.75) is 13.0 Å². The first-order chi connectivity index (χ1) is 15.1. The van der Waals surface area contributed by atoms with E-state index in [9.17, 15) is 14.4 Å². The number of aryl methyl sites for hydroxylation is 1. The predicted octanol–water partition coefficient (Wildman–Crippen LogP) is 2.57. The van der Waals surface area contributed by atoms with Crippen molar-refractivity contribution in [3.63, 3.8) is 0 Å². The maximum absolute atomic E-state index is 12.4. The predicted molar refractivity (Wildman–Crippen MR) is 116 cm³/mol. The van der Waals surface area contributed by atoms with Gasteiger partial charge in [-0.05, 0) is 30.3 Å². The first-order valence-electron chi connectivity index (χ1n) is 9.46. The lowest BCUT2D eigenvalue weighted by Crippen LogP contribution is -2.31. The molecule has 0 aliphatic carbocycles. The number of benzene rings is 2. The summed E-state index contributed by atoms with van der Waals surface area (Å²) in [6.07, 6.45) is 0.0505. The van der Waals surface area contributed by atoms with Crippen molar-refractivity contribution in [2.24, 2.45) is 0 Å². The van der Waals surface area contributed by atoms with E-state index < -0.39 is 11.2 Å². The smallest absolute Gasteiger partial charge is 0.328 e. The third kappa shape index (κ3) is 3.68. The SMILES string of the molecule is O=C(CCn1c(=O)[nH]c(=O)c2ccccc21)Nc1nc(-c2ccc3c(c2)OCO3)cs1. The molecule has 10 heteroatoms. The topological polar surface area (TPSA) is 115 Å². The molecule has 0 fully saturated rings. The molecular formula is C21H16N4O5S. The van der Waals surface area contributed by atoms with Crippen LogP contribution in [0.3, 0.4) is 0 Å². The number of ether oxygens (including phenoxy) is 2. The number of H-pyrrole nitrogens is 1. The lowest BCUT2D eigenvalue weighted by molar-refractivity contribution is -0.116. The monoisotopic (exact) mass is 436 g/mol. The molecule has 4 aromatic rings. The Balaban J connectivity index is 1.29. The summed E-state index contributed by atoms with van der Waals surface area (Å²) in [6, 6.07) is 12.3. The van der Waals surface area contributed by atoms with E-state index in [4.69, 9.17) is 9.47 Å². The van der Waals surface area contributed by atoms with E-state index in [0.717, 1.165) is 5.56 Å². The molecule has 1 aliphatic heterocycles. The molecule has 9 nitrogen and oxygen atoms in total. The van der Waals surface area contributed by atoms with Crippen LogP contribution in [-0.4, -0.2) is 27.2 Å². The van der Waals surface area contributed by atoms with Crippen LogP contribution in [0.1, 0.15) is 6.42 Å². The molecule has 2 aromatic heterocycles. The molecule has 0 unspecified atom stereocenters. The molecule has 0 saturated heterocycles. The lowest BCUT2D eigenvalue weighted by Gasteiger charge is -2.09. The molecule has 0 spiro atoms. The molecule has 31 heavy (non-hydrogen) atoms. The Morgan fingerprint density at radius 1 is 1.16 bits per heavy atom. The number of fused-ring (bicyclic) bond motifs is 2. The summed E-state index contributed by atoms with van der Waals surface area (Å²) in [4.78, 5) is 43.3. The molecular weight excluding hydrogens is 420 g/mol. The van der Waals surface area contributed by atoms with Gasteiger partial charge in [-0.2, -0.15) is 0 Å². The highest BCUT2D eigenvalue weighted by Gasteiger charge is 2.16. The summed E-state index contributed by atoms with van der Waals surface area (Å²) in [7, 11) is 0. The Kier molecular flexibility index (Phi) is 4.75. The van der Waals surface area contributed by atoms with E-state index in [1.165, 1.54) is 15.9 Å². The zero-order valence-electron chi connectivity index (χ0n) is 16.1. The van der Waals surface area contributed by atoms with Gasteiger partial charge in [0.2, 0.25) is 12.7 Å². The van der Waals surface area contributed by atoms with Gasteiger partial charge in [0.05, 0.1) is 16.6 Å². The van der Waals surface area contributed by atoms with Crippen LogP contribution in [0.25, 0.3) is 22.2 Å². The second-order valence-electron chi connectivity index (χ2n) is 6.83. The fourth-order valence-corrected chi connectivity index (χ4v) is 4.11. The van der Waals surface area contributed by atoms with Crippen LogP contribution in [-0.2, 0) is 11.3 Å². The van der Waals surface area contributed by atoms with Crippen molar-refractivity contribution in [2.75, 3.05) is 12.1 Å². The van der Waals surface area contributed by atoms with Gasteiger partial charge in [-0.15, -0.1) is 11.3 Å². The number of rotatable bonds is 5. The molecule has 0 radical (unpaired) electrons. The molecule has 0 atom stereocenters. The summed E-state index contributed by atoms with van der Waals surface area (Å²) in [5.74, 6) is 1.07. The number of para-hydroxylation sites is 1. The number of anilines is 1. The molecule has 2 N–H and O–H groups in total. The molecule has 1 aliphatic rings. The highest BCUT2D eigenvalue weighted by Crippen LogP contribution is 2.36. The van der Waals surface area contributed by atoms with E-state index in [-0.39, 0.29) is 25.7 Å². The Bertz CT molecular complexity index is 1420. The van der Waals surface area contributed by atoms with E-state index >= 15 is 0 Å². The van der Waals surface area contributed by atoms with Gasteiger partial charge in [0, 0.05) is 23.9 Å². The lowest BCUT2D eigenvalue weighted by atomic mass is 10.1. The molecule has 0 saturated carbocycles. The van der Waals surface area contributed by atoms with E-state index in [0.29, 0.717) is 33.2 Å². The molecule has 2 aromatic carbocycles. The normalized spacial score (nSPS) is 12.3. The maximum Gasteiger partial charge on any atom is 0.328 e. The zero-order valence-corrected chi connectivity index (χ0v) is 16.9. The summed E-state index contributed by atoms with van der Waals surface area (Å²) in [6.45, 7) is 0.327. The van der Waals surface area contributed by atoms with Crippen LogP contribution >= 0.6 is 11.3 Å². The first kappa shape index (κ1) is 19.1. The second-order valence-corrected chi connectivity index (χ2v) is 7.69. The van der Waals surface area contributed by atoms with Crippen molar-refractivity contribution >= 4 is 33.3 Å². The van der Waals surface area contributed by atoms with Gasteiger partial charge in [-0.25, -0.2) is 9.78 Å². The zero-order chi connectivity index (χ0) is 21.4. The van der Waals surface area contributed by atoms with Crippen LogP contribution in [0.5, 0.6) is 11.5 Å². The molecule has 3 heterocycles. The van der Waals surface area contributed by atoms with E-state index in [2.05, 4.69) is 15.3 Å². The van der Waals surface area contributed by atoms with Gasteiger partial charge in [0.1, 0.15) is 0 Å². The van der Waals surface area contributed by atoms with Gasteiger partial charge < -0.3 is 14.8 Å². The highest BCUT2D eigenvalue weighted by atomic mass is 32.1. The van der Waals surface area contributed by atoms with Gasteiger partial charge in [0.15, 0.2) is 16.6 Å². The summed E-state index contributed by atoms with van der Waals surface area (Å²) in [5, 5.41) is 5.45.